The van der Waals surface area contributed by atoms with Gasteiger partial charge in [0.15, 0.2) is 5.65 Å². The van der Waals surface area contributed by atoms with Crippen molar-refractivity contribution < 1.29 is 19.1 Å². The monoisotopic (exact) mass is 745 g/mol. The van der Waals surface area contributed by atoms with Crippen LogP contribution in [0.15, 0.2) is 66.9 Å². The van der Waals surface area contributed by atoms with Gasteiger partial charge in [-0.05, 0) is 79.6 Å². The molecule has 5 heterocycles. The quantitative estimate of drug-likeness (QED) is 0.121. The number of fused-ring (bicyclic) bond motifs is 1. The van der Waals surface area contributed by atoms with Crippen molar-refractivity contribution in [3.8, 4) is 16.9 Å². The molecule has 13 nitrogen and oxygen atoms in total. The molecular weight excluding hydrogens is 695 g/mol. The molecule has 2 aromatic carbocycles. The molecule has 1 atom stereocenters. The van der Waals surface area contributed by atoms with Gasteiger partial charge in [-0.3, -0.25) is 14.5 Å². The first-order valence-electron chi connectivity index (χ1n) is 19.3. The standard InChI is InChI=1S/C42H51N9O4/c1-4-35-33(39(47-31-15-18-55-19-16-31)34-24-46-51(5-2)40(34)49-35)23-45-42(53)37-11-7-10-36(48-37)41(52)44-22-27-12-13-38(54-3)32(21-27)29-9-6-8-28(20-29)25-50-17-14-30(43)26-50/h6-13,20-21,24,30-31H,4-5,14-19,22-23,25-26,43H2,1-3H3,(H,44,52)(H,45,53)(H,47,49)/t30-/m0/s1. The zero-order valence-electron chi connectivity index (χ0n) is 31.9. The molecule has 0 unspecified atom stereocenters. The normalized spacial score (nSPS) is 16.3. The Balaban J connectivity index is 1.03. The number of aryl methyl sites for hydroxylation is 2. The molecule has 2 fully saturated rings. The number of nitrogens with zero attached hydrogens (tertiary/aromatic N) is 5. The summed E-state index contributed by atoms with van der Waals surface area (Å²) < 4.78 is 13.2. The zero-order chi connectivity index (χ0) is 38.3. The molecule has 0 spiro atoms. The van der Waals surface area contributed by atoms with Gasteiger partial charge < -0.3 is 31.2 Å². The lowest BCUT2D eigenvalue weighted by Crippen LogP contribution is -2.30. The van der Waals surface area contributed by atoms with Crippen LogP contribution in [0.25, 0.3) is 22.2 Å². The number of pyridine rings is 2. The smallest absolute Gasteiger partial charge is 0.270 e. The van der Waals surface area contributed by atoms with E-state index in [9.17, 15) is 9.59 Å². The number of anilines is 1. The molecule has 0 bridgehead atoms. The van der Waals surface area contributed by atoms with Crippen molar-refractivity contribution in [1.82, 2.24) is 35.3 Å². The first-order valence-corrected chi connectivity index (χ1v) is 19.3. The fraction of sp³-hybridized carbons (Fsp3) is 0.405. The van der Waals surface area contributed by atoms with Crippen molar-refractivity contribution >= 4 is 28.5 Å². The molecule has 13 heteroatoms. The van der Waals surface area contributed by atoms with Gasteiger partial charge in [0.1, 0.15) is 17.1 Å². The molecule has 2 aliphatic heterocycles. The summed E-state index contributed by atoms with van der Waals surface area (Å²) in [6, 6.07) is 19.7. The second-order valence-corrected chi connectivity index (χ2v) is 14.3. The summed E-state index contributed by atoms with van der Waals surface area (Å²) in [7, 11) is 1.66. The predicted octanol–water partition coefficient (Wildman–Crippen LogP) is 5.07. The number of benzene rings is 2. The van der Waals surface area contributed by atoms with Crippen LogP contribution < -0.4 is 26.4 Å². The van der Waals surface area contributed by atoms with E-state index in [1.807, 2.05) is 36.0 Å². The second-order valence-electron chi connectivity index (χ2n) is 14.3. The number of ether oxygens (including phenoxy) is 2. The fourth-order valence-corrected chi connectivity index (χ4v) is 7.51. The number of aromatic nitrogens is 4. The molecule has 288 valence electrons. The molecular formula is C42H51N9O4. The van der Waals surface area contributed by atoms with Gasteiger partial charge in [-0.1, -0.05) is 37.3 Å². The molecule has 2 saturated heterocycles. The number of carbonyl (C=O) groups excluding carboxylic acids is 2. The SMILES string of the molecule is CCc1nc2c(cnn2CC)c(NC2CCOCC2)c1CNC(=O)c1cccc(C(=O)NCc2ccc(OC)c(-c3cccc(CN4CC[C@H](N)C4)c3)c2)n1. The third kappa shape index (κ3) is 8.80. The largest absolute Gasteiger partial charge is 0.496 e. The van der Waals surface area contributed by atoms with Crippen LogP contribution in [0.3, 0.4) is 0 Å². The van der Waals surface area contributed by atoms with E-state index in [1.54, 1.807) is 25.3 Å². The maximum atomic E-state index is 13.6. The third-order valence-electron chi connectivity index (χ3n) is 10.5. The van der Waals surface area contributed by atoms with Gasteiger partial charge in [-0.2, -0.15) is 5.10 Å². The molecule has 2 amide bonds. The number of likely N-dealkylation sites (tertiary alicyclic amines) is 1. The zero-order valence-corrected chi connectivity index (χ0v) is 31.9. The number of hydrogen-bond donors (Lipinski definition) is 4. The highest BCUT2D eigenvalue weighted by Gasteiger charge is 2.23. The van der Waals surface area contributed by atoms with Gasteiger partial charge in [0.25, 0.3) is 11.8 Å². The Kier molecular flexibility index (Phi) is 12.0. The Morgan fingerprint density at radius 3 is 2.40 bits per heavy atom. The first kappa shape index (κ1) is 37.9. The molecule has 0 saturated carbocycles. The van der Waals surface area contributed by atoms with Crippen molar-refractivity contribution in [1.29, 1.82) is 0 Å². The predicted molar refractivity (Wildman–Crippen MR) is 213 cm³/mol. The van der Waals surface area contributed by atoms with Gasteiger partial charge >= 0.3 is 0 Å². The lowest BCUT2D eigenvalue weighted by molar-refractivity contribution is 0.0904. The van der Waals surface area contributed by atoms with Gasteiger partial charge in [0, 0.05) is 81.4 Å². The molecule has 2 aliphatic rings. The van der Waals surface area contributed by atoms with Crippen LogP contribution >= 0.6 is 0 Å². The van der Waals surface area contributed by atoms with E-state index in [2.05, 4.69) is 62.1 Å². The average molecular weight is 746 g/mol. The number of rotatable bonds is 14. The summed E-state index contributed by atoms with van der Waals surface area (Å²) in [5.41, 5.74) is 14.1. The lowest BCUT2D eigenvalue weighted by atomic mass is 9.99. The average Bonchev–Trinajstić information content (AvgIpc) is 3.84. The van der Waals surface area contributed by atoms with Crippen LogP contribution in [-0.2, 0) is 37.3 Å². The van der Waals surface area contributed by atoms with Gasteiger partial charge in [-0.15, -0.1) is 0 Å². The van der Waals surface area contributed by atoms with Crippen molar-refractivity contribution in [2.24, 2.45) is 5.73 Å². The number of amides is 2. The summed E-state index contributed by atoms with van der Waals surface area (Å²) in [6.07, 6.45) is 5.33. The van der Waals surface area contributed by atoms with E-state index in [0.717, 1.165) is 89.3 Å². The Bertz CT molecular complexity index is 2150. The lowest BCUT2D eigenvalue weighted by Gasteiger charge is -2.26. The highest BCUT2D eigenvalue weighted by atomic mass is 16.5. The molecule has 55 heavy (non-hydrogen) atoms. The van der Waals surface area contributed by atoms with Crippen molar-refractivity contribution in [3.63, 3.8) is 0 Å². The van der Waals surface area contributed by atoms with Crippen LogP contribution in [0.5, 0.6) is 5.75 Å². The van der Waals surface area contributed by atoms with E-state index in [1.165, 1.54) is 5.56 Å². The molecule has 0 radical (unpaired) electrons. The molecule has 0 aliphatic carbocycles. The van der Waals surface area contributed by atoms with E-state index in [-0.39, 0.29) is 48.4 Å². The van der Waals surface area contributed by atoms with E-state index in [4.69, 9.17) is 20.2 Å². The third-order valence-corrected chi connectivity index (χ3v) is 10.5. The minimum atomic E-state index is -0.382. The Morgan fingerprint density at radius 2 is 1.69 bits per heavy atom. The minimum Gasteiger partial charge on any atom is -0.496 e. The van der Waals surface area contributed by atoms with E-state index < -0.39 is 0 Å². The Morgan fingerprint density at radius 1 is 0.927 bits per heavy atom. The summed E-state index contributed by atoms with van der Waals surface area (Å²) in [5, 5.41) is 15.3. The van der Waals surface area contributed by atoms with Gasteiger partial charge in [-0.25, -0.2) is 14.6 Å². The summed E-state index contributed by atoms with van der Waals surface area (Å²) >= 11 is 0. The molecule has 5 aromatic rings. The van der Waals surface area contributed by atoms with Crippen LogP contribution in [0.1, 0.15) is 76.5 Å². The topological polar surface area (TPSA) is 162 Å². The number of nitrogens with two attached hydrogens (primary N) is 1. The van der Waals surface area contributed by atoms with E-state index >= 15 is 0 Å². The van der Waals surface area contributed by atoms with Gasteiger partial charge in [0.05, 0.1) is 24.4 Å². The number of carbonyl (C=O) groups is 2. The summed E-state index contributed by atoms with van der Waals surface area (Å²) in [5.74, 6) is -0.00982. The molecule has 7 rings (SSSR count). The second kappa shape index (κ2) is 17.4. The maximum Gasteiger partial charge on any atom is 0.270 e. The highest BCUT2D eigenvalue weighted by molar-refractivity contribution is 5.97. The van der Waals surface area contributed by atoms with Crippen LogP contribution in [0, 0.1) is 0 Å². The number of methoxy groups -OCH3 is 1. The molecule has 3 aromatic heterocycles. The van der Waals surface area contributed by atoms with Crippen molar-refractivity contribution in [2.75, 3.05) is 38.7 Å². The summed E-state index contributed by atoms with van der Waals surface area (Å²) in [4.78, 5) is 38.7. The minimum absolute atomic E-state index is 0.153. The fourth-order valence-electron chi connectivity index (χ4n) is 7.51. The van der Waals surface area contributed by atoms with Crippen molar-refractivity contribution in [2.45, 2.75) is 77.8 Å². The van der Waals surface area contributed by atoms with E-state index in [0.29, 0.717) is 26.2 Å². The van der Waals surface area contributed by atoms with Crippen LogP contribution in [-0.4, -0.2) is 82.0 Å². The first-order chi connectivity index (χ1) is 26.8. The van der Waals surface area contributed by atoms with Gasteiger partial charge in [0.2, 0.25) is 0 Å². The van der Waals surface area contributed by atoms with Crippen LogP contribution in [0.4, 0.5) is 5.69 Å². The maximum absolute atomic E-state index is 13.6. The molecule has 5 N–H and O–H groups in total. The number of hydrogen-bond acceptors (Lipinski definition) is 10. The number of nitrogens with one attached hydrogen (secondary N) is 3. The van der Waals surface area contributed by atoms with Crippen molar-refractivity contribution in [3.05, 3.63) is 101 Å². The van der Waals surface area contributed by atoms with Crippen LogP contribution in [0.2, 0.25) is 0 Å². The summed E-state index contributed by atoms with van der Waals surface area (Å²) in [6.45, 7) is 9.47. The Hall–Kier alpha value is -5.37. The highest BCUT2D eigenvalue weighted by Crippen LogP contribution is 2.33. The Labute approximate surface area is 322 Å².